The number of rotatable bonds is 7. The summed E-state index contributed by atoms with van der Waals surface area (Å²) in [6.45, 7) is 3.11. The number of benzene rings is 2. The average molecular weight is 638 g/mol. The molecule has 5 heterocycles. The summed E-state index contributed by atoms with van der Waals surface area (Å²) < 4.78 is 54.9. The van der Waals surface area contributed by atoms with Crippen molar-refractivity contribution in [3.05, 3.63) is 71.6 Å². The van der Waals surface area contributed by atoms with Crippen LogP contribution in [0, 0.1) is 0 Å². The summed E-state index contributed by atoms with van der Waals surface area (Å²) in [5.74, 6) is 0.192. The van der Waals surface area contributed by atoms with E-state index in [-0.39, 0.29) is 23.3 Å². The van der Waals surface area contributed by atoms with E-state index in [9.17, 15) is 18.1 Å². The monoisotopic (exact) mass is 638 g/mol. The topological polar surface area (TPSA) is 117 Å². The molecule has 2 bridgehead atoms. The highest BCUT2D eigenvalue weighted by Gasteiger charge is 2.50. The van der Waals surface area contributed by atoms with Crippen molar-refractivity contribution >= 4 is 51.8 Å². The third kappa shape index (κ3) is 5.01. The first-order valence-electron chi connectivity index (χ1n) is 14.6. The summed E-state index contributed by atoms with van der Waals surface area (Å²) in [6, 6.07) is 8.61. The van der Waals surface area contributed by atoms with Crippen LogP contribution in [0.4, 0.5) is 8.78 Å². The van der Waals surface area contributed by atoms with Gasteiger partial charge >= 0.3 is 6.61 Å². The average Bonchev–Trinajstić information content (AvgIpc) is 3.46. The lowest BCUT2D eigenvalue weighted by molar-refractivity contribution is -0.0711. The highest BCUT2D eigenvalue weighted by atomic mass is 32.2. The van der Waals surface area contributed by atoms with E-state index < -0.39 is 51.5 Å². The molecule has 7 rings (SSSR count). The van der Waals surface area contributed by atoms with E-state index in [1.165, 1.54) is 18.2 Å². The Morgan fingerprint density at radius 1 is 1.11 bits per heavy atom. The van der Waals surface area contributed by atoms with Crippen molar-refractivity contribution < 1.29 is 27.6 Å². The number of hydrogen-bond donors (Lipinski definition) is 1. The maximum Gasteiger partial charge on any atom is 0.387 e. The van der Waals surface area contributed by atoms with Crippen LogP contribution >= 0.6 is 0 Å². The minimum atomic E-state index is -3.11. The van der Waals surface area contributed by atoms with Crippen LogP contribution in [0.5, 0.6) is 5.75 Å². The zero-order chi connectivity index (χ0) is 32.8. The van der Waals surface area contributed by atoms with E-state index >= 15 is 0 Å². The summed E-state index contributed by atoms with van der Waals surface area (Å²) in [4.78, 5) is 29.0. The lowest BCUT2D eigenvalue weighted by Crippen LogP contribution is -2.62. The quantitative estimate of drug-likeness (QED) is 0.243. The summed E-state index contributed by atoms with van der Waals surface area (Å²) in [6.07, 6.45) is 3.61. The molecule has 2 aromatic heterocycles. The molecular formula is C30H27B3F2N6O4S. The first-order chi connectivity index (χ1) is 21.7. The zero-order valence-electron chi connectivity index (χ0n) is 25.2. The molecule has 1 N–H and O–H groups in total. The number of aromatic nitrogens is 4. The van der Waals surface area contributed by atoms with E-state index in [0.717, 1.165) is 10.5 Å². The van der Waals surface area contributed by atoms with Crippen LogP contribution < -0.4 is 9.46 Å². The van der Waals surface area contributed by atoms with Crippen molar-refractivity contribution in [1.82, 2.24) is 29.1 Å². The number of nitrogens with one attached hydrogen (secondary N) is 1. The Hall–Kier alpha value is -3.46. The van der Waals surface area contributed by atoms with Gasteiger partial charge in [-0.05, 0) is 50.6 Å². The highest BCUT2D eigenvalue weighted by Crippen LogP contribution is 2.51. The van der Waals surface area contributed by atoms with Crippen LogP contribution in [0.25, 0.3) is 22.2 Å². The summed E-state index contributed by atoms with van der Waals surface area (Å²) in [5, 5.41) is -2.07. The molecule has 4 aromatic rings. The van der Waals surface area contributed by atoms with Crippen molar-refractivity contribution in [2.24, 2.45) is 0 Å². The SMILES string of the molecule is [B]C([B])([B])N1C(=O)c2cccc(OC(F)F)c2[C@H]2C[C@@H]1c1nc3ccc(-c4cnc(C5(N[S+]([O-])C(C)(C)C)COC5)nc4)cc3n12. The molecular weight excluding hydrogens is 611 g/mol. The molecule has 46 heavy (non-hydrogen) atoms. The van der Waals surface area contributed by atoms with Gasteiger partial charge in [0.05, 0.1) is 59.9 Å². The molecule has 1 amide bonds. The third-order valence-electron chi connectivity index (χ3n) is 8.52. The number of hydrogen-bond acceptors (Lipinski definition) is 8. The van der Waals surface area contributed by atoms with E-state index in [1.54, 1.807) is 12.4 Å². The standard InChI is InChI=1S/C30H27B3F2N6O4S/c1-28(2,3)46(43)39-29(13-44-14-29)26-36-11-16(12-37-26)15-7-8-18-19(9-15)40-20-10-21(24(40)38-18)41(30(31,32)33)25(42)17-5-4-6-22(23(17)20)45-27(34)35/h4-9,11-12,20-21,27,39H,10,13-14H2,1-3H3/t20-,21-,46?/m1/s1. The number of amides is 1. The number of halogens is 2. The first kappa shape index (κ1) is 31.2. The number of carbonyl (C=O) groups excluding carboxylic acids is 1. The van der Waals surface area contributed by atoms with Gasteiger partial charge in [0, 0.05) is 46.9 Å². The van der Waals surface area contributed by atoms with Crippen molar-refractivity contribution in [2.75, 3.05) is 13.2 Å². The molecule has 230 valence electrons. The fourth-order valence-electron chi connectivity index (χ4n) is 6.33. The molecule has 1 fully saturated rings. The molecule has 1 saturated heterocycles. The maximum atomic E-state index is 13.8. The van der Waals surface area contributed by atoms with Crippen LogP contribution in [0.2, 0.25) is 0 Å². The number of fused-ring (bicyclic) bond motifs is 9. The lowest BCUT2D eigenvalue weighted by atomic mass is 9.48. The minimum Gasteiger partial charge on any atom is -0.598 e. The van der Waals surface area contributed by atoms with Gasteiger partial charge in [0.2, 0.25) is 0 Å². The van der Waals surface area contributed by atoms with Gasteiger partial charge in [0.1, 0.15) is 16.3 Å². The first-order valence-corrected chi connectivity index (χ1v) is 15.7. The Labute approximate surface area is 271 Å². The Morgan fingerprint density at radius 3 is 2.43 bits per heavy atom. The smallest absolute Gasteiger partial charge is 0.387 e. The molecule has 3 atom stereocenters. The zero-order valence-corrected chi connectivity index (χ0v) is 26.1. The van der Waals surface area contributed by atoms with E-state index in [4.69, 9.17) is 38.0 Å². The Bertz CT molecular complexity index is 1850. The Morgan fingerprint density at radius 2 is 1.83 bits per heavy atom. The largest absolute Gasteiger partial charge is 0.598 e. The normalized spacial score (nSPS) is 21.1. The van der Waals surface area contributed by atoms with Crippen LogP contribution in [-0.4, -0.2) is 88.2 Å². The molecule has 3 aliphatic rings. The molecule has 2 aromatic carbocycles. The van der Waals surface area contributed by atoms with Crippen LogP contribution in [0.3, 0.4) is 0 Å². The van der Waals surface area contributed by atoms with Crippen LogP contribution in [0.15, 0.2) is 48.8 Å². The fourth-order valence-corrected chi connectivity index (χ4v) is 7.20. The molecule has 3 aliphatic heterocycles. The molecule has 0 saturated carbocycles. The molecule has 6 radical (unpaired) electrons. The van der Waals surface area contributed by atoms with Crippen LogP contribution in [0.1, 0.15) is 66.8 Å². The van der Waals surface area contributed by atoms with Crippen molar-refractivity contribution in [3.63, 3.8) is 0 Å². The van der Waals surface area contributed by atoms with Gasteiger partial charge in [-0.3, -0.25) is 4.79 Å². The predicted molar refractivity (Wildman–Crippen MR) is 169 cm³/mol. The molecule has 1 unspecified atom stereocenters. The molecule has 0 aliphatic carbocycles. The highest BCUT2D eigenvalue weighted by molar-refractivity contribution is 7.90. The summed E-state index contributed by atoms with van der Waals surface area (Å²) in [5.41, 5.74) is 2.37. The number of alkyl halides is 2. The predicted octanol–water partition coefficient (Wildman–Crippen LogP) is 2.98. The van der Waals surface area contributed by atoms with E-state index in [2.05, 4.69) is 14.7 Å². The van der Waals surface area contributed by atoms with E-state index in [1.807, 2.05) is 43.5 Å². The Kier molecular flexibility index (Phi) is 7.31. The van der Waals surface area contributed by atoms with Crippen molar-refractivity contribution in [1.29, 1.82) is 0 Å². The number of ether oxygens (including phenoxy) is 2. The summed E-state index contributed by atoms with van der Waals surface area (Å²) >= 11 is -1.36. The second kappa shape index (κ2) is 10.8. The second-order valence-corrected chi connectivity index (χ2v) is 14.8. The Balaban J connectivity index is 1.31. The lowest BCUT2D eigenvalue weighted by Gasteiger charge is -2.41. The maximum absolute atomic E-state index is 13.8. The van der Waals surface area contributed by atoms with Crippen molar-refractivity contribution in [2.45, 2.75) is 61.4 Å². The van der Waals surface area contributed by atoms with Gasteiger partial charge in [-0.1, -0.05) is 17.4 Å². The minimum absolute atomic E-state index is 0.110. The third-order valence-corrected chi connectivity index (χ3v) is 10.2. The van der Waals surface area contributed by atoms with Gasteiger partial charge in [0.25, 0.3) is 5.91 Å². The number of nitrogens with zero attached hydrogens (tertiary/aromatic N) is 5. The number of carbonyl (C=O) groups is 1. The second-order valence-electron chi connectivity index (χ2n) is 12.8. The van der Waals surface area contributed by atoms with Gasteiger partial charge in [-0.25, -0.2) is 15.0 Å². The summed E-state index contributed by atoms with van der Waals surface area (Å²) in [7, 11) is 18.3. The molecule has 10 nitrogen and oxygen atoms in total. The van der Waals surface area contributed by atoms with Gasteiger partial charge in [-0.15, -0.1) is 4.72 Å². The van der Waals surface area contributed by atoms with Gasteiger partial charge in [-0.2, -0.15) is 8.78 Å². The van der Waals surface area contributed by atoms with Crippen molar-refractivity contribution in [3.8, 4) is 16.9 Å². The van der Waals surface area contributed by atoms with Gasteiger partial charge in [0.15, 0.2) is 11.4 Å². The van der Waals surface area contributed by atoms with E-state index in [0.29, 0.717) is 41.5 Å². The fraction of sp³-hybridized carbons (Fsp3) is 0.400. The molecule has 16 heteroatoms. The number of imidazole rings is 1. The molecule has 0 spiro atoms. The van der Waals surface area contributed by atoms with Crippen LogP contribution in [-0.2, 0) is 21.6 Å². The van der Waals surface area contributed by atoms with Gasteiger partial charge < -0.3 is 23.5 Å².